The van der Waals surface area contributed by atoms with Crippen molar-refractivity contribution in [2.45, 2.75) is 44.1 Å². The molecule has 0 aliphatic carbocycles. The Morgan fingerprint density at radius 2 is 1.93 bits per heavy atom. The Kier molecular flexibility index (Phi) is 7.01. The van der Waals surface area contributed by atoms with Crippen molar-refractivity contribution in [3.8, 4) is 23.2 Å². The number of nitriles is 1. The van der Waals surface area contributed by atoms with Crippen LogP contribution < -0.4 is 10.3 Å². The summed E-state index contributed by atoms with van der Waals surface area (Å²) in [5.41, 5.74) is -0.462. The van der Waals surface area contributed by atoms with Crippen LogP contribution in [0.2, 0.25) is 0 Å². The first kappa shape index (κ1) is 27.2. The minimum absolute atomic E-state index is 0.0236. The van der Waals surface area contributed by atoms with Crippen molar-refractivity contribution in [3.05, 3.63) is 81.4 Å². The fraction of sp³-hybridized carbons (Fsp3) is 0.321. The van der Waals surface area contributed by atoms with Crippen LogP contribution >= 0.6 is 0 Å². The largest absolute Gasteiger partial charge is 0.481 e. The Balaban J connectivity index is 1.71. The number of aromatic nitrogens is 4. The number of ether oxygens (including phenoxy) is 2. The number of hydrogen-bond donors (Lipinski definition) is 0. The predicted molar refractivity (Wildman–Crippen MR) is 136 cm³/mol. The molecule has 8 nitrogen and oxygen atoms in total. The summed E-state index contributed by atoms with van der Waals surface area (Å²) >= 11 is 0. The van der Waals surface area contributed by atoms with E-state index in [0.29, 0.717) is 29.0 Å². The molecule has 3 atom stereocenters. The second kappa shape index (κ2) is 10.3. The van der Waals surface area contributed by atoms with E-state index >= 15 is 4.39 Å². The molecule has 5 rings (SSSR count). The van der Waals surface area contributed by atoms with Gasteiger partial charge in [-0.3, -0.25) is 14.3 Å². The van der Waals surface area contributed by atoms with Gasteiger partial charge in [-0.25, -0.2) is 14.4 Å². The maximum absolute atomic E-state index is 15.2. The molecular weight excluding hydrogens is 530 g/mol. The number of alkyl halides is 3. The molecule has 0 N–H and O–H groups in total. The molecule has 4 heterocycles. The fourth-order valence-electron chi connectivity index (χ4n) is 5.06. The molecule has 0 amide bonds. The van der Waals surface area contributed by atoms with E-state index in [0.717, 1.165) is 18.7 Å². The smallest absolute Gasteiger partial charge is 0.449 e. The van der Waals surface area contributed by atoms with Crippen LogP contribution in [0.3, 0.4) is 0 Å². The molecule has 1 fully saturated rings. The molecule has 0 unspecified atom stereocenters. The van der Waals surface area contributed by atoms with Gasteiger partial charge in [0.1, 0.15) is 11.3 Å². The fourth-order valence-corrected chi connectivity index (χ4v) is 5.06. The van der Waals surface area contributed by atoms with Crippen molar-refractivity contribution < 1.29 is 27.0 Å². The monoisotopic (exact) mass is 553 g/mol. The Morgan fingerprint density at radius 3 is 2.60 bits per heavy atom. The van der Waals surface area contributed by atoms with Gasteiger partial charge in [0.25, 0.3) is 5.56 Å². The zero-order valence-corrected chi connectivity index (χ0v) is 21.7. The highest BCUT2D eigenvalue weighted by Gasteiger charge is 2.38. The number of halogens is 4. The van der Waals surface area contributed by atoms with Gasteiger partial charge in [-0.15, -0.1) is 0 Å². The highest BCUT2D eigenvalue weighted by molar-refractivity contribution is 5.91. The molecular formula is C28H23F4N5O3. The van der Waals surface area contributed by atoms with Gasteiger partial charge in [0.05, 0.1) is 42.0 Å². The van der Waals surface area contributed by atoms with Gasteiger partial charge in [-0.1, -0.05) is 0 Å². The van der Waals surface area contributed by atoms with E-state index in [1.54, 1.807) is 18.3 Å². The number of fused-ring (bicyclic) bond motifs is 1. The average Bonchev–Trinajstić information content (AvgIpc) is 2.93. The van der Waals surface area contributed by atoms with Crippen LogP contribution in [-0.4, -0.2) is 32.7 Å². The maximum atomic E-state index is 15.2. The van der Waals surface area contributed by atoms with E-state index in [9.17, 15) is 18.0 Å². The van der Waals surface area contributed by atoms with E-state index < -0.39 is 23.4 Å². The second-order valence-electron chi connectivity index (χ2n) is 9.63. The Labute approximate surface area is 225 Å². The lowest BCUT2D eigenvalue weighted by atomic mass is 9.86. The predicted octanol–water partition coefficient (Wildman–Crippen LogP) is 5.45. The van der Waals surface area contributed by atoms with Gasteiger partial charge >= 0.3 is 6.18 Å². The zero-order valence-electron chi connectivity index (χ0n) is 21.7. The van der Waals surface area contributed by atoms with Crippen molar-refractivity contribution in [1.29, 1.82) is 5.26 Å². The van der Waals surface area contributed by atoms with Crippen molar-refractivity contribution in [3.63, 3.8) is 0 Å². The number of nitrogens with zero attached hydrogens (tertiary/aromatic N) is 5. The van der Waals surface area contributed by atoms with Crippen LogP contribution in [0.5, 0.6) is 5.88 Å². The van der Waals surface area contributed by atoms with Gasteiger partial charge in [0.2, 0.25) is 11.7 Å². The first-order chi connectivity index (χ1) is 19.0. The van der Waals surface area contributed by atoms with Gasteiger partial charge in [-0.05, 0) is 55.7 Å². The Bertz CT molecular complexity index is 1710. The summed E-state index contributed by atoms with van der Waals surface area (Å²) in [5.74, 6) is -2.18. The summed E-state index contributed by atoms with van der Waals surface area (Å²) in [6, 6.07) is 10.3. The first-order valence-corrected chi connectivity index (χ1v) is 12.3. The average molecular weight is 554 g/mol. The van der Waals surface area contributed by atoms with E-state index in [1.165, 1.54) is 25.3 Å². The topological polar surface area (TPSA) is 103 Å². The number of methoxy groups -OCH3 is 1. The molecule has 1 aromatic carbocycles. The van der Waals surface area contributed by atoms with Crippen molar-refractivity contribution in [1.82, 2.24) is 19.5 Å². The summed E-state index contributed by atoms with van der Waals surface area (Å²) < 4.78 is 68.3. The second-order valence-corrected chi connectivity index (χ2v) is 9.63. The molecule has 0 radical (unpaired) electrons. The van der Waals surface area contributed by atoms with Crippen LogP contribution in [0.25, 0.3) is 22.2 Å². The third kappa shape index (κ3) is 5.00. The van der Waals surface area contributed by atoms with Crippen LogP contribution in [0.15, 0.2) is 47.4 Å². The summed E-state index contributed by atoms with van der Waals surface area (Å²) in [7, 11) is 2.49. The molecule has 0 bridgehead atoms. The number of rotatable bonds is 4. The first-order valence-electron chi connectivity index (χ1n) is 12.3. The Morgan fingerprint density at radius 1 is 1.15 bits per heavy atom. The minimum atomic E-state index is -4.93. The van der Waals surface area contributed by atoms with Crippen LogP contribution in [0.1, 0.15) is 54.4 Å². The van der Waals surface area contributed by atoms with E-state index in [2.05, 4.69) is 15.0 Å². The Hall–Kier alpha value is -4.37. The standard InChI is InChI=1S/C28H23F4N5O3/c1-14-8-17(10-22(40-14)16-6-7-34-23(11-16)39-3)21-12-19-25(36-27(28(30,31)32)37(2)26(19)38)24(35-21)18-5-4-15(13-33)9-20(18)29/h4-7,9,11-12,14,17,22H,8,10H2,1-3H3/t14-,17-,22-/m1/s1. The molecule has 1 aliphatic rings. The highest BCUT2D eigenvalue weighted by Crippen LogP contribution is 2.42. The van der Waals surface area contributed by atoms with Crippen LogP contribution in [0.4, 0.5) is 17.6 Å². The van der Waals surface area contributed by atoms with Gasteiger partial charge in [0.15, 0.2) is 0 Å². The summed E-state index contributed by atoms with van der Waals surface area (Å²) in [5, 5.41) is 9.02. The SMILES string of the molecule is COc1cc([C@H]2C[C@H](c3cc4c(=O)n(C)c(C(F)(F)F)nc4c(-c4ccc(C#N)cc4F)n3)C[C@@H](C)O2)ccn1. The maximum Gasteiger partial charge on any atom is 0.449 e. The normalized spacial score (nSPS) is 19.4. The molecule has 4 aromatic rings. The van der Waals surface area contributed by atoms with Crippen molar-refractivity contribution in [2.75, 3.05) is 7.11 Å². The summed E-state index contributed by atoms with van der Waals surface area (Å²) in [6.07, 6.45) is -3.02. The molecule has 0 spiro atoms. The van der Waals surface area contributed by atoms with E-state index in [-0.39, 0.29) is 45.8 Å². The summed E-state index contributed by atoms with van der Waals surface area (Å²) in [6.45, 7) is 1.88. The highest BCUT2D eigenvalue weighted by atomic mass is 19.4. The van der Waals surface area contributed by atoms with Crippen LogP contribution in [0, 0.1) is 17.1 Å². The molecule has 40 heavy (non-hydrogen) atoms. The molecule has 1 aliphatic heterocycles. The lowest BCUT2D eigenvalue weighted by Crippen LogP contribution is -2.29. The molecule has 1 saturated heterocycles. The number of benzene rings is 1. The zero-order chi connectivity index (χ0) is 28.8. The quantitative estimate of drug-likeness (QED) is 0.310. The van der Waals surface area contributed by atoms with Gasteiger partial charge in [-0.2, -0.15) is 18.4 Å². The lowest BCUT2D eigenvalue weighted by molar-refractivity contribution is -0.147. The third-order valence-electron chi connectivity index (χ3n) is 6.96. The van der Waals surface area contributed by atoms with Crippen LogP contribution in [-0.2, 0) is 18.0 Å². The van der Waals surface area contributed by atoms with E-state index in [4.69, 9.17) is 14.7 Å². The minimum Gasteiger partial charge on any atom is -0.481 e. The molecule has 206 valence electrons. The van der Waals surface area contributed by atoms with Gasteiger partial charge in [0, 0.05) is 36.5 Å². The summed E-state index contributed by atoms with van der Waals surface area (Å²) in [4.78, 5) is 25.7. The van der Waals surface area contributed by atoms with Crippen molar-refractivity contribution >= 4 is 10.9 Å². The molecule has 3 aromatic heterocycles. The number of hydrogen-bond acceptors (Lipinski definition) is 7. The third-order valence-corrected chi connectivity index (χ3v) is 6.96. The molecule has 12 heteroatoms. The van der Waals surface area contributed by atoms with Gasteiger partial charge < -0.3 is 9.47 Å². The molecule has 0 saturated carbocycles. The number of pyridine rings is 2. The lowest BCUT2D eigenvalue weighted by Gasteiger charge is -2.34. The van der Waals surface area contributed by atoms with E-state index in [1.807, 2.05) is 13.0 Å². The van der Waals surface area contributed by atoms with Crippen molar-refractivity contribution in [2.24, 2.45) is 7.05 Å².